The molecule has 2 aliphatic heterocycles. The minimum absolute atomic E-state index is 0.000698. The van der Waals surface area contributed by atoms with Crippen molar-refractivity contribution in [2.24, 2.45) is 11.3 Å². The number of nitrogens with zero attached hydrogens (tertiary/aromatic N) is 1. The predicted molar refractivity (Wildman–Crippen MR) is 90.5 cm³/mol. The van der Waals surface area contributed by atoms with Crippen LogP contribution in [0.2, 0.25) is 0 Å². The number of carbonyl (C=O) groups is 2. The summed E-state index contributed by atoms with van der Waals surface area (Å²) < 4.78 is 5.36. The van der Waals surface area contributed by atoms with Crippen LogP contribution >= 0.6 is 0 Å². The van der Waals surface area contributed by atoms with Crippen molar-refractivity contribution in [3.63, 3.8) is 0 Å². The number of rotatable bonds is 4. The second-order valence-electron chi connectivity index (χ2n) is 8.38. The van der Waals surface area contributed by atoms with Crippen LogP contribution in [0.15, 0.2) is 0 Å². The molecule has 2 N–H and O–H groups in total. The molecule has 2 saturated heterocycles. The van der Waals surface area contributed by atoms with E-state index in [4.69, 9.17) is 4.74 Å². The fraction of sp³-hybridized carbons (Fsp3) is 0.889. The molecular weight excluding hydrogens is 306 g/mol. The minimum atomic E-state index is -0.636. The van der Waals surface area contributed by atoms with Crippen LogP contribution in [0.4, 0.5) is 4.79 Å². The first-order valence-corrected chi connectivity index (χ1v) is 9.43. The molecule has 6 heteroatoms. The molecule has 6 nitrogen and oxygen atoms in total. The molecular formula is C18H32N3O3+. The van der Waals surface area contributed by atoms with E-state index < -0.39 is 5.54 Å². The number of quaternary nitrogens is 1. The Morgan fingerprint density at radius 3 is 2.46 bits per heavy atom. The van der Waals surface area contributed by atoms with Crippen molar-refractivity contribution in [3.05, 3.63) is 0 Å². The number of hydrogen-bond acceptors (Lipinski definition) is 3. The van der Waals surface area contributed by atoms with Gasteiger partial charge in [0, 0.05) is 0 Å². The van der Waals surface area contributed by atoms with E-state index in [1.807, 2.05) is 0 Å². The molecule has 0 aromatic rings. The Bertz CT molecular complexity index is 492. The molecule has 2 heterocycles. The maximum absolute atomic E-state index is 13.0. The third kappa shape index (κ3) is 3.18. The van der Waals surface area contributed by atoms with E-state index in [2.05, 4.69) is 26.1 Å². The standard InChI is InChI=1S/C18H31N3O3/c1-4-17(2,3)14-5-7-18(8-6-14)15(22)21(16(23)19-18)13-20-9-11-24-12-10-20/h14H,4-13H2,1-3H3,(H,19,23)/p+1. The van der Waals surface area contributed by atoms with Gasteiger partial charge in [0.25, 0.3) is 5.91 Å². The van der Waals surface area contributed by atoms with Gasteiger partial charge in [0.1, 0.15) is 18.6 Å². The van der Waals surface area contributed by atoms with Crippen LogP contribution in [0.3, 0.4) is 0 Å². The molecule has 0 aromatic carbocycles. The Morgan fingerprint density at radius 1 is 1.25 bits per heavy atom. The fourth-order valence-corrected chi connectivity index (χ4v) is 4.38. The van der Waals surface area contributed by atoms with E-state index in [0.717, 1.165) is 45.2 Å². The Kier molecular flexibility index (Phi) is 4.89. The normalized spacial score (nSPS) is 32.5. The van der Waals surface area contributed by atoms with Gasteiger partial charge < -0.3 is 15.0 Å². The molecule has 3 amide bonds. The fourth-order valence-electron chi connectivity index (χ4n) is 4.38. The highest BCUT2D eigenvalue weighted by Gasteiger charge is 2.54. The van der Waals surface area contributed by atoms with Crippen molar-refractivity contribution in [2.75, 3.05) is 33.0 Å². The molecule has 1 aliphatic carbocycles. The summed E-state index contributed by atoms with van der Waals surface area (Å²) >= 11 is 0. The van der Waals surface area contributed by atoms with Crippen LogP contribution in [0.5, 0.6) is 0 Å². The Morgan fingerprint density at radius 2 is 1.88 bits per heavy atom. The highest BCUT2D eigenvalue weighted by atomic mass is 16.5. The topological polar surface area (TPSA) is 63.1 Å². The molecule has 0 atom stereocenters. The first kappa shape index (κ1) is 17.7. The maximum Gasteiger partial charge on any atom is 0.329 e. The maximum atomic E-state index is 13.0. The summed E-state index contributed by atoms with van der Waals surface area (Å²) in [5, 5.41) is 3.04. The lowest BCUT2D eigenvalue weighted by Gasteiger charge is -2.42. The van der Waals surface area contributed by atoms with Gasteiger partial charge in [-0.25, -0.2) is 9.69 Å². The number of urea groups is 1. The van der Waals surface area contributed by atoms with Gasteiger partial charge >= 0.3 is 6.03 Å². The molecule has 0 radical (unpaired) electrons. The Labute approximate surface area is 144 Å². The highest BCUT2D eigenvalue weighted by molar-refractivity contribution is 6.06. The molecule has 3 fully saturated rings. The predicted octanol–water partition coefficient (Wildman–Crippen LogP) is 0.776. The SMILES string of the molecule is CCC(C)(C)C1CCC2(CC1)NC(=O)N(C[NH+]1CCOCC1)C2=O. The van der Waals surface area contributed by atoms with Gasteiger partial charge in [-0.15, -0.1) is 0 Å². The highest BCUT2D eigenvalue weighted by Crippen LogP contribution is 2.44. The van der Waals surface area contributed by atoms with Crippen LogP contribution in [0, 0.1) is 11.3 Å². The minimum Gasteiger partial charge on any atom is -0.370 e. The summed E-state index contributed by atoms with van der Waals surface area (Å²) in [7, 11) is 0. The summed E-state index contributed by atoms with van der Waals surface area (Å²) in [6.07, 6.45) is 4.74. The summed E-state index contributed by atoms with van der Waals surface area (Å²) in [4.78, 5) is 28.1. The monoisotopic (exact) mass is 338 g/mol. The largest absolute Gasteiger partial charge is 0.370 e. The zero-order chi connectivity index (χ0) is 17.4. The van der Waals surface area contributed by atoms with Gasteiger partial charge in [-0.2, -0.15) is 0 Å². The van der Waals surface area contributed by atoms with Crippen molar-refractivity contribution in [1.29, 1.82) is 0 Å². The summed E-state index contributed by atoms with van der Waals surface area (Å²) in [6.45, 7) is 10.5. The number of carbonyl (C=O) groups excluding carboxylic acids is 2. The van der Waals surface area contributed by atoms with Crippen molar-refractivity contribution >= 4 is 11.9 Å². The van der Waals surface area contributed by atoms with Crippen LogP contribution < -0.4 is 10.2 Å². The second kappa shape index (κ2) is 6.64. The van der Waals surface area contributed by atoms with E-state index in [9.17, 15) is 9.59 Å². The Balaban J connectivity index is 1.63. The van der Waals surface area contributed by atoms with Gasteiger partial charge in [0.2, 0.25) is 0 Å². The first-order valence-electron chi connectivity index (χ1n) is 9.43. The van der Waals surface area contributed by atoms with Crippen molar-refractivity contribution in [1.82, 2.24) is 10.2 Å². The quantitative estimate of drug-likeness (QED) is 0.745. The Hall–Kier alpha value is -1.14. The molecule has 1 saturated carbocycles. The van der Waals surface area contributed by atoms with E-state index in [0.29, 0.717) is 31.2 Å². The van der Waals surface area contributed by atoms with Crippen LogP contribution in [0.25, 0.3) is 0 Å². The van der Waals surface area contributed by atoms with Gasteiger partial charge in [-0.05, 0) is 37.0 Å². The lowest BCUT2D eigenvalue weighted by molar-refractivity contribution is -0.915. The lowest BCUT2D eigenvalue weighted by atomic mass is 9.65. The van der Waals surface area contributed by atoms with Gasteiger partial charge in [-0.1, -0.05) is 27.2 Å². The van der Waals surface area contributed by atoms with Crippen LogP contribution in [-0.2, 0) is 9.53 Å². The number of imide groups is 1. The molecule has 1 spiro atoms. The van der Waals surface area contributed by atoms with Crippen molar-refractivity contribution < 1.29 is 19.2 Å². The second-order valence-corrected chi connectivity index (χ2v) is 8.38. The molecule has 0 aromatic heterocycles. The number of amides is 3. The average molecular weight is 338 g/mol. The number of ether oxygens (including phenoxy) is 1. The van der Waals surface area contributed by atoms with Gasteiger partial charge in [-0.3, -0.25) is 4.79 Å². The van der Waals surface area contributed by atoms with E-state index in [1.165, 1.54) is 9.80 Å². The third-order valence-corrected chi connectivity index (χ3v) is 6.68. The lowest BCUT2D eigenvalue weighted by Crippen LogP contribution is -3.15. The first-order chi connectivity index (χ1) is 11.4. The van der Waals surface area contributed by atoms with Crippen LogP contribution in [-0.4, -0.2) is 55.3 Å². The third-order valence-electron chi connectivity index (χ3n) is 6.68. The molecule has 3 rings (SSSR count). The zero-order valence-corrected chi connectivity index (χ0v) is 15.3. The average Bonchev–Trinajstić information content (AvgIpc) is 2.80. The molecule has 0 unspecified atom stereocenters. The van der Waals surface area contributed by atoms with E-state index in [1.54, 1.807) is 0 Å². The van der Waals surface area contributed by atoms with Crippen molar-refractivity contribution in [2.45, 2.75) is 58.4 Å². The molecule has 24 heavy (non-hydrogen) atoms. The number of nitrogens with one attached hydrogen (secondary N) is 2. The van der Waals surface area contributed by atoms with Gasteiger partial charge in [0.15, 0.2) is 6.67 Å². The van der Waals surface area contributed by atoms with Crippen LogP contribution in [0.1, 0.15) is 52.9 Å². The molecule has 0 bridgehead atoms. The molecule has 136 valence electrons. The summed E-state index contributed by atoms with van der Waals surface area (Å²) in [6, 6.07) is -0.202. The summed E-state index contributed by atoms with van der Waals surface area (Å²) in [5.74, 6) is 0.635. The van der Waals surface area contributed by atoms with E-state index in [-0.39, 0.29) is 11.9 Å². The number of morpholine rings is 1. The smallest absolute Gasteiger partial charge is 0.329 e. The number of hydrogen-bond donors (Lipinski definition) is 2. The zero-order valence-electron chi connectivity index (χ0n) is 15.3. The summed E-state index contributed by atoms with van der Waals surface area (Å²) in [5.41, 5.74) is -0.325. The van der Waals surface area contributed by atoms with E-state index >= 15 is 0 Å². The van der Waals surface area contributed by atoms with Crippen molar-refractivity contribution in [3.8, 4) is 0 Å². The van der Waals surface area contributed by atoms with Gasteiger partial charge in [0.05, 0.1) is 13.2 Å². The molecule has 3 aliphatic rings.